The fourth-order valence-corrected chi connectivity index (χ4v) is 1.70. The number of hydrogen-bond donors (Lipinski definition) is 3. The summed E-state index contributed by atoms with van der Waals surface area (Å²) in [6, 6.07) is 7.75. The first-order valence-electron chi connectivity index (χ1n) is 7.00. The van der Waals surface area contributed by atoms with Gasteiger partial charge in [0.15, 0.2) is 0 Å². The van der Waals surface area contributed by atoms with Gasteiger partial charge in [0, 0.05) is 13.2 Å². The highest BCUT2D eigenvalue weighted by Gasteiger charge is 2.05. The second-order valence-electron chi connectivity index (χ2n) is 4.62. The Bertz CT molecular complexity index is 359. The van der Waals surface area contributed by atoms with Gasteiger partial charge in [-0.15, -0.1) is 0 Å². The topological polar surface area (TPSA) is 71.0 Å². The number of hydrogen-bond acceptors (Lipinski definition) is 5. The van der Waals surface area contributed by atoms with Gasteiger partial charge in [-0.1, -0.05) is 18.2 Å². The summed E-state index contributed by atoms with van der Waals surface area (Å²) in [4.78, 5) is 0. The van der Waals surface area contributed by atoms with Crippen LogP contribution in [-0.4, -0.2) is 55.8 Å². The highest BCUT2D eigenvalue weighted by Crippen LogP contribution is 2.16. The Morgan fingerprint density at radius 2 is 2.05 bits per heavy atom. The summed E-state index contributed by atoms with van der Waals surface area (Å²) >= 11 is 0. The minimum atomic E-state index is -0.534. The largest absolute Gasteiger partial charge is 0.491 e. The molecule has 0 saturated carbocycles. The van der Waals surface area contributed by atoms with Gasteiger partial charge in [0.05, 0.1) is 13.2 Å². The van der Waals surface area contributed by atoms with E-state index in [1.807, 2.05) is 31.2 Å². The molecule has 3 N–H and O–H groups in total. The highest BCUT2D eigenvalue weighted by molar-refractivity contribution is 5.31. The molecule has 0 aromatic heterocycles. The molecular formula is C15H25NO4. The number of benzene rings is 1. The van der Waals surface area contributed by atoms with Gasteiger partial charge in [-0.25, -0.2) is 0 Å². The molecule has 1 atom stereocenters. The van der Waals surface area contributed by atoms with E-state index in [1.165, 1.54) is 0 Å². The molecule has 1 unspecified atom stereocenters. The predicted molar refractivity (Wildman–Crippen MR) is 78.1 cm³/mol. The van der Waals surface area contributed by atoms with Crippen molar-refractivity contribution in [3.05, 3.63) is 29.8 Å². The summed E-state index contributed by atoms with van der Waals surface area (Å²) in [6.45, 7) is 4.57. The molecule has 0 aliphatic rings. The van der Waals surface area contributed by atoms with Crippen molar-refractivity contribution in [1.29, 1.82) is 0 Å². The third kappa shape index (κ3) is 7.45. The summed E-state index contributed by atoms with van der Waals surface area (Å²) in [5.41, 5.74) is 1.06. The van der Waals surface area contributed by atoms with Crippen LogP contribution in [0.5, 0.6) is 5.75 Å². The molecule has 0 aliphatic heterocycles. The zero-order chi connectivity index (χ0) is 14.6. The van der Waals surface area contributed by atoms with E-state index in [4.69, 9.17) is 14.6 Å². The van der Waals surface area contributed by atoms with E-state index in [1.54, 1.807) is 0 Å². The summed E-state index contributed by atoms with van der Waals surface area (Å²) in [6.07, 6.45) is 0.318. The molecule has 5 nitrogen and oxygen atoms in total. The molecule has 0 saturated heterocycles. The molecule has 0 heterocycles. The summed E-state index contributed by atoms with van der Waals surface area (Å²) < 4.78 is 10.7. The zero-order valence-corrected chi connectivity index (χ0v) is 12.0. The van der Waals surface area contributed by atoms with E-state index in [0.29, 0.717) is 19.8 Å². The Kier molecular flexibility index (Phi) is 8.98. The lowest BCUT2D eigenvalue weighted by molar-refractivity contribution is 0.0874. The second-order valence-corrected chi connectivity index (χ2v) is 4.62. The van der Waals surface area contributed by atoms with Crippen molar-refractivity contribution in [2.75, 3.05) is 39.5 Å². The number of ether oxygens (including phenoxy) is 2. The summed E-state index contributed by atoms with van der Waals surface area (Å²) in [5, 5.41) is 21.5. The SMILES string of the molecule is Cc1ccccc1OCC(O)CNCCCOCCO. The van der Waals surface area contributed by atoms with E-state index < -0.39 is 6.10 Å². The lowest BCUT2D eigenvalue weighted by atomic mass is 10.2. The van der Waals surface area contributed by atoms with Crippen molar-refractivity contribution in [1.82, 2.24) is 5.32 Å². The van der Waals surface area contributed by atoms with E-state index >= 15 is 0 Å². The maximum absolute atomic E-state index is 9.79. The van der Waals surface area contributed by atoms with Gasteiger partial charge in [-0.3, -0.25) is 0 Å². The van der Waals surface area contributed by atoms with Crippen molar-refractivity contribution in [2.24, 2.45) is 0 Å². The lowest BCUT2D eigenvalue weighted by Crippen LogP contribution is -2.32. The van der Waals surface area contributed by atoms with Crippen LogP contribution in [-0.2, 0) is 4.74 Å². The Balaban J connectivity index is 2.03. The molecule has 5 heteroatoms. The van der Waals surface area contributed by atoms with E-state index in [2.05, 4.69) is 5.32 Å². The first-order valence-corrected chi connectivity index (χ1v) is 7.00. The minimum Gasteiger partial charge on any atom is -0.491 e. The summed E-state index contributed by atoms with van der Waals surface area (Å²) in [7, 11) is 0. The van der Waals surface area contributed by atoms with Crippen LogP contribution in [0.3, 0.4) is 0 Å². The monoisotopic (exact) mass is 283 g/mol. The first kappa shape index (κ1) is 16.9. The third-order valence-corrected chi connectivity index (χ3v) is 2.78. The fourth-order valence-electron chi connectivity index (χ4n) is 1.70. The van der Waals surface area contributed by atoms with Gasteiger partial charge in [-0.2, -0.15) is 0 Å². The van der Waals surface area contributed by atoms with E-state index in [9.17, 15) is 5.11 Å². The molecule has 0 bridgehead atoms. The number of aliphatic hydroxyl groups is 2. The molecule has 1 aromatic rings. The smallest absolute Gasteiger partial charge is 0.122 e. The Morgan fingerprint density at radius 3 is 2.80 bits per heavy atom. The number of aliphatic hydroxyl groups excluding tert-OH is 2. The zero-order valence-electron chi connectivity index (χ0n) is 12.0. The van der Waals surface area contributed by atoms with Crippen LogP contribution < -0.4 is 10.1 Å². The van der Waals surface area contributed by atoms with Crippen LogP contribution in [0.25, 0.3) is 0 Å². The van der Waals surface area contributed by atoms with Gasteiger partial charge < -0.3 is 25.0 Å². The van der Waals surface area contributed by atoms with E-state index in [0.717, 1.165) is 24.3 Å². The average molecular weight is 283 g/mol. The van der Waals surface area contributed by atoms with Crippen molar-refractivity contribution < 1.29 is 19.7 Å². The maximum Gasteiger partial charge on any atom is 0.122 e. The van der Waals surface area contributed by atoms with Gasteiger partial charge >= 0.3 is 0 Å². The molecule has 1 rings (SSSR count). The third-order valence-electron chi connectivity index (χ3n) is 2.78. The Labute approximate surface area is 120 Å². The van der Waals surface area contributed by atoms with Crippen LogP contribution in [0.15, 0.2) is 24.3 Å². The van der Waals surface area contributed by atoms with Gasteiger partial charge in [0.25, 0.3) is 0 Å². The number of para-hydroxylation sites is 1. The van der Waals surface area contributed by atoms with Crippen LogP contribution in [0.1, 0.15) is 12.0 Å². The molecule has 0 radical (unpaired) electrons. The van der Waals surface area contributed by atoms with Gasteiger partial charge in [0.1, 0.15) is 18.5 Å². The van der Waals surface area contributed by atoms with E-state index in [-0.39, 0.29) is 13.2 Å². The molecular weight excluding hydrogens is 258 g/mol. The van der Waals surface area contributed by atoms with Crippen molar-refractivity contribution >= 4 is 0 Å². The quantitative estimate of drug-likeness (QED) is 0.522. The maximum atomic E-state index is 9.79. The van der Waals surface area contributed by atoms with Crippen molar-refractivity contribution in [3.8, 4) is 5.75 Å². The van der Waals surface area contributed by atoms with Crippen LogP contribution in [0.4, 0.5) is 0 Å². The first-order chi connectivity index (χ1) is 9.74. The lowest BCUT2D eigenvalue weighted by Gasteiger charge is -2.14. The van der Waals surface area contributed by atoms with Crippen molar-refractivity contribution in [3.63, 3.8) is 0 Å². The Hall–Kier alpha value is -1.14. The molecule has 0 spiro atoms. The summed E-state index contributed by atoms with van der Waals surface area (Å²) in [5.74, 6) is 0.809. The van der Waals surface area contributed by atoms with Crippen LogP contribution in [0.2, 0.25) is 0 Å². The molecule has 114 valence electrons. The fraction of sp³-hybridized carbons (Fsp3) is 0.600. The molecule has 0 amide bonds. The Morgan fingerprint density at radius 1 is 1.25 bits per heavy atom. The average Bonchev–Trinajstić information content (AvgIpc) is 2.45. The number of rotatable bonds is 11. The van der Waals surface area contributed by atoms with Crippen LogP contribution >= 0.6 is 0 Å². The predicted octanol–water partition coefficient (Wildman–Crippen LogP) is 0.723. The number of aryl methyl sites for hydroxylation is 1. The number of nitrogens with one attached hydrogen (secondary N) is 1. The van der Waals surface area contributed by atoms with Gasteiger partial charge in [0.2, 0.25) is 0 Å². The highest BCUT2D eigenvalue weighted by atomic mass is 16.5. The molecule has 1 aromatic carbocycles. The standard InChI is InChI=1S/C15H25NO4/c1-13-5-2-3-6-15(13)20-12-14(18)11-16-7-4-9-19-10-8-17/h2-3,5-6,14,16-18H,4,7-12H2,1H3. The minimum absolute atomic E-state index is 0.0579. The van der Waals surface area contributed by atoms with Crippen LogP contribution in [0, 0.1) is 6.92 Å². The molecule has 20 heavy (non-hydrogen) atoms. The molecule has 0 aliphatic carbocycles. The second kappa shape index (κ2) is 10.6. The molecule has 0 fully saturated rings. The normalized spacial score (nSPS) is 12.3. The van der Waals surface area contributed by atoms with Gasteiger partial charge in [-0.05, 0) is 31.5 Å². The van der Waals surface area contributed by atoms with Crippen molar-refractivity contribution in [2.45, 2.75) is 19.4 Å².